The van der Waals surface area contributed by atoms with E-state index in [-0.39, 0.29) is 6.04 Å². The zero-order valence-electron chi connectivity index (χ0n) is 18.3. The average Bonchev–Trinajstić information content (AvgIpc) is 3.42. The molecule has 2 amide bonds. The number of carbonyl (C=O) groups is 2. The number of likely N-dealkylation sites (tertiary alicyclic amines) is 1. The zero-order chi connectivity index (χ0) is 24.8. The van der Waals surface area contributed by atoms with Crippen molar-refractivity contribution >= 4 is 21.8 Å². The van der Waals surface area contributed by atoms with E-state index in [0.29, 0.717) is 18.9 Å². The first-order valence-electron chi connectivity index (χ1n) is 10.3. The fourth-order valence-corrected chi connectivity index (χ4v) is 5.62. The summed E-state index contributed by atoms with van der Waals surface area (Å²) >= 11 is 0. The standard InChI is InChI=1S/C21H24F3N3O5S/c1-20(2,3)32-19(29)26-11-14(10-16(26)18(28)27(12-25)13-8-9-13)33(30,31)17-7-5-4-6-15(17)21(22,23)24/h4-7,13-14,16H,8-11H2,1-3H3/t14-,16+/m1/s1. The number of hydrogen-bond donors (Lipinski definition) is 0. The molecule has 1 saturated heterocycles. The number of alkyl halides is 3. The molecule has 2 fully saturated rings. The first-order valence-corrected chi connectivity index (χ1v) is 11.8. The Hall–Kier alpha value is -2.81. The molecule has 3 rings (SSSR count). The van der Waals surface area contributed by atoms with E-state index in [1.807, 2.05) is 0 Å². The zero-order valence-corrected chi connectivity index (χ0v) is 19.1. The summed E-state index contributed by atoms with van der Waals surface area (Å²) in [6.45, 7) is 4.20. The number of halogens is 3. The van der Waals surface area contributed by atoms with Gasteiger partial charge in [-0.15, -0.1) is 0 Å². The number of carbonyl (C=O) groups excluding carboxylic acids is 2. The molecule has 2 aliphatic rings. The molecular formula is C21H24F3N3O5S. The van der Waals surface area contributed by atoms with Crippen molar-refractivity contribution in [2.24, 2.45) is 0 Å². The highest BCUT2D eigenvalue weighted by molar-refractivity contribution is 7.92. The number of rotatable bonds is 4. The third kappa shape index (κ3) is 5.24. The molecule has 1 saturated carbocycles. The summed E-state index contributed by atoms with van der Waals surface area (Å²) in [6, 6.07) is 2.10. The topological polar surface area (TPSA) is 108 Å². The number of amides is 2. The molecule has 0 radical (unpaired) electrons. The van der Waals surface area contributed by atoms with Crippen LogP contribution in [0.3, 0.4) is 0 Å². The molecule has 1 aliphatic heterocycles. The Morgan fingerprint density at radius 3 is 2.30 bits per heavy atom. The van der Waals surface area contributed by atoms with Gasteiger partial charge in [-0.1, -0.05) is 12.1 Å². The Labute approximate surface area is 189 Å². The highest BCUT2D eigenvalue weighted by atomic mass is 32.2. The maximum Gasteiger partial charge on any atom is 0.417 e. The Kier molecular flexibility index (Phi) is 6.41. The minimum absolute atomic E-state index is 0.329. The number of benzene rings is 1. The van der Waals surface area contributed by atoms with E-state index in [9.17, 15) is 36.4 Å². The van der Waals surface area contributed by atoms with Crippen molar-refractivity contribution in [1.82, 2.24) is 9.80 Å². The maximum absolute atomic E-state index is 13.5. The molecule has 33 heavy (non-hydrogen) atoms. The minimum Gasteiger partial charge on any atom is -0.444 e. The van der Waals surface area contributed by atoms with Crippen LogP contribution >= 0.6 is 0 Å². The lowest BCUT2D eigenvalue weighted by atomic mass is 10.2. The first-order chi connectivity index (χ1) is 15.2. The van der Waals surface area contributed by atoms with Gasteiger partial charge in [0, 0.05) is 12.6 Å². The van der Waals surface area contributed by atoms with Gasteiger partial charge in [0.2, 0.25) is 0 Å². The third-order valence-electron chi connectivity index (χ3n) is 5.37. The summed E-state index contributed by atoms with van der Waals surface area (Å²) in [7, 11) is -4.59. The van der Waals surface area contributed by atoms with E-state index >= 15 is 0 Å². The van der Waals surface area contributed by atoms with Crippen molar-refractivity contribution in [1.29, 1.82) is 5.26 Å². The van der Waals surface area contributed by atoms with Crippen molar-refractivity contribution in [3.05, 3.63) is 29.8 Å². The number of nitriles is 1. The average molecular weight is 488 g/mol. The number of nitrogens with zero attached hydrogens (tertiary/aromatic N) is 3. The lowest BCUT2D eigenvalue weighted by molar-refractivity contribution is -0.140. The SMILES string of the molecule is CC(C)(C)OC(=O)N1C[C@H](S(=O)(=O)c2ccccc2C(F)(F)F)C[C@H]1C(=O)N(C#N)C1CC1. The van der Waals surface area contributed by atoms with Crippen LogP contribution in [0.5, 0.6) is 0 Å². The minimum atomic E-state index is -4.91. The van der Waals surface area contributed by atoms with Gasteiger partial charge >= 0.3 is 12.3 Å². The van der Waals surface area contributed by atoms with Crippen molar-refractivity contribution in [2.75, 3.05) is 6.54 Å². The Morgan fingerprint density at radius 1 is 1.18 bits per heavy atom. The van der Waals surface area contributed by atoms with Gasteiger partial charge in [0.15, 0.2) is 16.0 Å². The second kappa shape index (κ2) is 8.52. The summed E-state index contributed by atoms with van der Waals surface area (Å²) in [5.41, 5.74) is -2.28. The summed E-state index contributed by atoms with van der Waals surface area (Å²) < 4.78 is 72.2. The number of ether oxygens (including phenoxy) is 1. The highest BCUT2D eigenvalue weighted by Crippen LogP contribution is 2.38. The van der Waals surface area contributed by atoms with E-state index in [2.05, 4.69) is 0 Å². The van der Waals surface area contributed by atoms with Crippen LogP contribution in [0.2, 0.25) is 0 Å². The van der Waals surface area contributed by atoms with Gasteiger partial charge < -0.3 is 4.74 Å². The molecule has 0 aromatic heterocycles. The Morgan fingerprint density at radius 2 is 1.79 bits per heavy atom. The quantitative estimate of drug-likeness (QED) is 0.476. The molecule has 1 aliphatic carbocycles. The lowest BCUT2D eigenvalue weighted by Crippen LogP contribution is -2.48. The van der Waals surface area contributed by atoms with Gasteiger partial charge in [-0.05, 0) is 52.2 Å². The molecule has 8 nitrogen and oxygen atoms in total. The van der Waals surface area contributed by atoms with Crippen LogP contribution in [0.15, 0.2) is 29.2 Å². The lowest BCUT2D eigenvalue weighted by Gasteiger charge is -2.29. The molecule has 1 aromatic rings. The van der Waals surface area contributed by atoms with Gasteiger partial charge in [-0.2, -0.15) is 18.4 Å². The summed E-state index contributed by atoms with van der Waals surface area (Å²) in [5.74, 6) is -0.771. The molecule has 0 N–H and O–H groups in total. The highest BCUT2D eigenvalue weighted by Gasteiger charge is 2.50. The van der Waals surface area contributed by atoms with E-state index in [0.717, 1.165) is 21.9 Å². The van der Waals surface area contributed by atoms with Gasteiger partial charge in [0.25, 0.3) is 5.91 Å². The van der Waals surface area contributed by atoms with E-state index < -0.39 is 68.3 Å². The molecule has 1 aromatic carbocycles. The summed E-state index contributed by atoms with van der Waals surface area (Å²) in [6.07, 6.45) is -3.37. The van der Waals surface area contributed by atoms with Crippen LogP contribution in [-0.2, 0) is 25.5 Å². The summed E-state index contributed by atoms with van der Waals surface area (Å²) in [5, 5.41) is 7.90. The van der Waals surface area contributed by atoms with Crippen LogP contribution < -0.4 is 0 Å². The largest absolute Gasteiger partial charge is 0.444 e. The normalized spacial score (nSPS) is 21.4. The molecule has 1 heterocycles. The van der Waals surface area contributed by atoms with Crippen molar-refractivity contribution < 1.29 is 35.9 Å². The monoisotopic (exact) mass is 487 g/mol. The van der Waals surface area contributed by atoms with Crippen LogP contribution in [0, 0.1) is 11.5 Å². The van der Waals surface area contributed by atoms with Crippen LogP contribution in [0.4, 0.5) is 18.0 Å². The molecule has 0 bridgehead atoms. The molecule has 180 valence electrons. The van der Waals surface area contributed by atoms with Crippen LogP contribution in [0.1, 0.15) is 45.6 Å². The first kappa shape index (κ1) is 24.8. The maximum atomic E-state index is 13.5. The second-order valence-electron chi connectivity index (χ2n) is 9.08. The van der Waals surface area contributed by atoms with Gasteiger partial charge in [0.05, 0.1) is 15.7 Å². The smallest absolute Gasteiger partial charge is 0.417 e. The number of hydrogen-bond acceptors (Lipinski definition) is 6. The predicted octanol–water partition coefficient (Wildman–Crippen LogP) is 3.33. The molecule has 2 atom stereocenters. The van der Waals surface area contributed by atoms with Crippen LogP contribution in [0.25, 0.3) is 0 Å². The van der Waals surface area contributed by atoms with Crippen LogP contribution in [-0.4, -0.2) is 59.7 Å². The van der Waals surface area contributed by atoms with E-state index in [1.165, 1.54) is 6.07 Å². The molecule has 12 heteroatoms. The van der Waals surface area contributed by atoms with Crippen molar-refractivity contribution in [2.45, 2.75) is 74.0 Å². The third-order valence-corrected chi connectivity index (χ3v) is 7.56. The molecular weight excluding hydrogens is 463 g/mol. The van der Waals surface area contributed by atoms with Crippen molar-refractivity contribution in [3.63, 3.8) is 0 Å². The Bertz CT molecular complexity index is 1090. The van der Waals surface area contributed by atoms with E-state index in [1.54, 1.807) is 27.0 Å². The second-order valence-corrected chi connectivity index (χ2v) is 11.3. The van der Waals surface area contributed by atoms with Crippen molar-refractivity contribution in [3.8, 4) is 6.19 Å². The fraction of sp³-hybridized carbons (Fsp3) is 0.571. The molecule has 0 spiro atoms. The van der Waals surface area contributed by atoms with Gasteiger partial charge in [0.1, 0.15) is 11.6 Å². The predicted molar refractivity (Wildman–Crippen MR) is 109 cm³/mol. The number of sulfone groups is 1. The summed E-state index contributed by atoms with van der Waals surface area (Å²) in [4.78, 5) is 26.7. The molecule has 0 unspecified atom stereocenters. The van der Waals surface area contributed by atoms with Gasteiger partial charge in [-0.3, -0.25) is 9.69 Å². The Balaban J connectivity index is 1.98. The fourth-order valence-electron chi connectivity index (χ4n) is 3.71. The van der Waals surface area contributed by atoms with Gasteiger partial charge in [-0.25, -0.2) is 18.1 Å². The van der Waals surface area contributed by atoms with E-state index in [4.69, 9.17) is 4.74 Å².